The number of carbonyl (C=O) groups is 2. The summed E-state index contributed by atoms with van der Waals surface area (Å²) in [5, 5.41) is 6.39. The molecule has 0 saturated carbocycles. The summed E-state index contributed by atoms with van der Waals surface area (Å²) in [5.74, 6) is -0.842. The highest BCUT2D eigenvalue weighted by molar-refractivity contribution is 7.13. The van der Waals surface area contributed by atoms with Crippen LogP contribution < -0.4 is 0 Å². The van der Waals surface area contributed by atoms with Crippen LogP contribution in [0.5, 0.6) is 0 Å². The molecule has 1 atom stereocenters. The molecule has 7 heteroatoms. The van der Waals surface area contributed by atoms with E-state index in [9.17, 15) is 9.59 Å². The third-order valence-corrected chi connectivity index (χ3v) is 5.00. The molecule has 0 fully saturated rings. The molecule has 3 aromatic rings. The summed E-state index contributed by atoms with van der Waals surface area (Å²) in [6.07, 6.45) is 2.62. The van der Waals surface area contributed by atoms with Crippen LogP contribution in [-0.2, 0) is 11.8 Å². The maximum Gasteiger partial charge on any atom is 0.358 e. The highest BCUT2D eigenvalue weighted by Gasteiger charge is 2.22. The van der Waals surface area contributed by atoms with Crippen LogP contribution in [0.25, 0.3) is 10.6 Å². The number of aryl methyl sites for hydroxylation is 3. The van der Waals surface area contributed by atoms with Crippen LogP contribution in [0.1, 0.15) is 38.9 Å². The van der Waals surface area contributed by atoms with Crippen LogP contribution >= 0.6 is 11.3 Å². The largest absolute Gasteiger partial charge is 0.450 e. The number of thiazole rings is 1. The molecular formula is C19H19N3O3S. The topological polar surface area (TPSA) is 74.1 Å². The fourth-order valence-corrected chi connectivity index (χ4v) is 3.20. The molecule has 0 spiro atoms. The minimum Gasteiger partial charge on any atom is -0.450 e. The number of rotatable bonds is 5. The van der Waals surface area contributed by atoms with Crippen molar-refractivity contribution in [3.63, 3.8) is 0 Å². The minimum absolute atomic E-state index is 0.189. The van der Waals surface area contributed by atoms with Crippen molar-refractivity contribution in [2.75, 3.05) is 0 Å². The van der Waals surface area contributed by atoms with Crippen LogP contribution in [0.4, 0.5) is 0 Å². The van der Waals surface area contributed by atoms with Gasteiger partial charge in [0.05, 0.1) is 6.20 Å². The predicted octanol–water partition coefficient (Wildman–Crippen LogP) is 3.59. The van der Waals surface area contributed by atoms with Gasteiger partial charge in [0, 0.05) is 29.8 Å². The lowest BCUT2D eigenvalue weighted by atomic mass is 10.0. The van der Waals surface area contributed by atoms with Gasteiger partial charge in [0.25, 0.3) is 0 Å². The number of Topliss-reactive ketones (excluding diaryl/α,β-unsaturated/α-hetero) is 1. The number of carbonyl (C=O) groups excluding carboxylic acids is 2. The van der Waals surface area contributed by atoms with Gasteiger partial charge in [-0.05, 0) is 38.0 Å². The molecule has 0 bridgehead atoms. The van der Waals surface area contributed by atoms with Gasteiger partial charge in [-0.3, -0.25) is 9.48 Å². The zero-order valence-corrected chi connectivity index (χ0v) is 15.8. The molecule has 134 valence electrons. The second-order valence-electron chi connectivity index (χ2n) is 6.15. The van der Waals surface area contributed by atoms with E-state index in [-0.39, 0.29) is 11.5 Å². The number of ketones is 1. The van der Waals surface area contributed by atoms with Crippen LogP contribution in [0.15, 0.2) is 36.0 Å². The van der Waals surface area contributed by atoms with Crippen molar-refractivity contribution in [2.24, 2.45) is 7.05 Å². The Morgan fingerprint density at radius 2 is 2.00 bits per heavy atom. The summed E-state index contributed by atoms with van der Waals surface area (Å²) >= 11 is 1.33. The van der Waals surface area contributed by atoms with Crippen LogP contribution in [0.3, 0.4) is 0 Å². The molecule has 0 N–H and O–H groups in total. The average molecular weight is 369 g/mol. The third kappa shape index (κ3) is 3.72. The van der Waals surface area contributed by atoms with Gasteiger partial charge in [0.2, 0.25) is 5.78 Å². The van der Waals surface area contributed by atoms with Crippen molar-refractivity contribution in [2.45, 2.75) is 26.9 Å². The number of nitrogens with zero attached hydrogens (tertiary/aromatic N) is 3. The van der Waals surface area contributed by atoms with E-state index >= 15 is 0 Å². The first-order valence-electron chi connectivity index (χ1n) is 8.12. The quantitative estimate of drug-likeness (QED) is 0.507. The summed E-state index contributed by atoms with van der Waals surface area (Å²) < 4.78 is 6.98. The minimum atomic E-state index is -0.881. The van der Waals surface area contributed by atoms with E-state index in [1.807, 2.05) is 39.2 Å². The highest BCUT2D eigenvalue weighted by Crippen LogP contribution is 2.23. The van der Waals surface area contributed by atoms with E-state index in [1.165, 1.54) is 11.3 Å². The molecule has 3 rings (SSSR count). The van der Waals surface area contributed by atoms with Gasteiger partial charge in [0.15, 0.2) is 11.8 Å². The number of hydrogen-bond acceptors (Lipinski definition) is 6. The molecule has 0 aliphatic carbocycles. The predicted molar refractivity (Wildman–Crippen MR) is 99.4 cm³/mol. The van der Waals surface area contributed by atoms with Crippen LogP contribution in [0, 0.1) is 13.8 Å². The van der Waals surface area contributed by atoms with Crippen molar-refractivity contribution in [3.05, 3.63) is 58.4 Å². The lowest BCUT2D eigenvalue weighted by molar-refractivity contribution is 0.0314. The average Bonchev–Trinajstić information content (AvgIpc) is 3.25. The first-order valence-corrected chi connectivity index (χ1v) is 9.00. The summed E-state index contributed by atoms with van der Waals surface area (Å²) in [6, 6.07) is 5.45. The van der Waals surface area contributed by atoms with Gasteiger partial charge in [-0.2, -0.15) is 5.10 Å². The van der Waals surface area contributed by atoms with E-state index in [4.69, 9.17) is 4.74 Å². The molecule has 0 radical (unpaired) electrons. The Balaban J connectivity index is 1.70. The lowest BCUT2D eigenvalue weighted by Gasteiger charge is -2.12. The van der Waals surface area contributed by atoms with Gasteiger partial charge < -0.3 is 4.74 Å². The van der Waals surface area contributed by atoms with Crippen molar-refractivity contribution in [1.29, 1.82) is 0 Å². The van der Waals surface area contributed by atoms with E-state index in [0.717, 1.165) is 16.7 Å². The molecule has 1 unspecified atom stereocenters. The Bertz CT molecular complexity index is 974. The van der Waals surface area contributed by atoms with Gasteiger partial charge >= 0.3 is 5.97 Å². The zero-order valence-electron chi connectivity index (χ0n) is 15.0. The summed E-state index contributed by atoms with van der Waals surface area (Å²) in [4.78, 5) is 29.1. The first-order chi connectivity index (χ1) is 12.3. The molecular weight excluding hydrogens is 350 g/mol. The number of benzene rings is 1. The molecule has 0 aliphatic rings. The molecule has 0 saturated heterocycles. The smallest absolute Gasteiger partial charge is 0.358 e. The normalized spacial score (nSPS) is 12.0. The monoisotopic (exact) mass is 369 g/mol. The third-order valence-electron chi connectivity index (χ3n) is 4.11. The zero-order chi connectivity index (χ0) is 18.8. The van der Waals surface area contributed by atoms with Gasteiger partial charge in [-0.1, -0.05) is 12.1 Å². The molecule has 0 amide bonds. The van der Waals surface area contributed by atoms with Crippen molar-refractivity contribution >= 4 is 23.1 Å². The van der Waals surface area contributed by atoms with Crippen molar-refractivity contribution in [1.82, 2.24) is 14.8 Å². The molecule has 1 aromatic carbocycles. The summed E-state index contributed by atoms with van der Waals surface area (Å²) in [5.41, 5.74) is 3.68. The Hall–Kier alpha value is -2.80. The van der Waals surface area contributed by atoms with Crippen molar-refractivity contribution in [3.8, 4) is 10.6 Å². The lowest BCUT2D eigenvalue weighted by Crippen LogP contribution is -2.24. The number of hydrogen-bond donors (Lipinski definition) is 0. The fourth-order valence-electron chi connectivity index (χ4n) is 2.44. The summed E-state index contributed by atoms with van der Waals surface area (Å²) in [7, 11) is 1.81. The Morgan fingerprint density at radius 3 is 2.65 bits per heavy atom. The van der Waals surface area contributed by atoms with E-state index in [2.05, 4.69) is 10.1 Å². The van der Waals surface area contributed by atoms with E-state index < -0.39 is 12.1 Å². The van der Waals surface area contributed by atoms with E-state index in [0.29, 0.717) is 10.6 Å². The van der Waals surface area contributed by atoms with Crippen LogP contribution in [0.2, 0.25) is 0 Å². The second-order valence-corrected chi connectivity index (χ2v) is 7.01. The fraction of sp³-hybridized carbons (Fsp3) is 0.263. The number of esters is 1. The van der Waals surface area contributed by atoms with Gasteiger partial charge in [-0.15, -0.1) is 11.3 Å². The Kier molecular flexibility index (Phi) is 4.99. The number of aromatic nitrogens is 3. The highest BCUT2D eigenvalue weighted by atomic mass is 32.1. The summed E-state index contributed by atoms with van der Waals surface area (Å²) in [6.45, 7) is 5.50. The van der Waals surface area contributed by atoms with Gasteiger partial charge in [0.1, 0.15) is 5.01 Å². The maximum absolute atomic E-state index is 12.5. The Morgan fingerprint density at radius 1 is 1.23 bits per heavy atom. The molecule has 6 nitrogen and oxygen atoms in total. The molecule has 26 heavy (non-hydrogen) atoms. The maximum atomic E-state index is 12.5. The number of ether oxygens (including phenoxy) is 1. The standard InChI is InChI=1S/C19H19N3O3S/c1-11-5-6-14(7-12(11)2)17(23)13(3)25-19(24)16-10-26-18(21-16)15-8-20-22(4)9-15/h5-10,13H,1-4H3. The van der Waals surface area contributed by atoms with Gasteiger partial charge in [-0.25, -0.2) is 9.78 Å². The van der Waals surface area contributed by atoms with Crippen LogP contribution in [-0.4, -0.2) is 32.6 Å². The second kappa shape index (κ2) is 7.21. The molecule has 2 aromatic heterocycles. The molecule has 2 heterocycles. The molecule has 0 aliphatic heterocycles. The first kappa shape index (κ1) is 18.0. The van der Waals surface area contributed by atoms with Crippen molar-refractivity contribution < 1.29 is 14.3 Å². The Labute approximate surface area is 155 Å². The van der Waals surface area contributed by atoms with E-state index in [1.54, 1.807) is 29.2 Å². The SMILES string of the molecule is Cc1ccc(C(=O)C(C)OC(=O)c2csc(-c3cnn(C)c3)n2)cc1C.